The molecule has 0 spiro atoms. The first-order valence-electron chi connectivity index (χ1n) is 7.78. The standard InChI is InChI=1S/C18H18N4O2S/c1-11-4-5-12(2)15(8-11)21-16(23)10-25-17-7-6-14(9-19-17)18-20-13(3)22-24-18/h4-9H,10H2,1-3H3,(H,21,23). The maximum atomic E-state index is 12.1. The third-order valence-corrected chi connectivity index (χ3v) is 4.47. The summed E-state index contributed by atoms with van der Waals surface area (Å²) in [6.07, 6.45) is 1.66. The van der Waals surface area contributed by atoms with Crippen molar-refractivity contribution < 1.29 is 9.32 Å². The van der Waals surface area contributed by atoms with Gasteiger partial charge in [-0.3, -0.25) is 4.79 Å². The fourth-order valence-electron chi connectivity index (χ4n) is 2.20. The Morgan fingerprint density at radius 3 is 2.72 bits per heavy atom. The summed E-state index contributed by atoms with van der Waals surface area (Å²) in [6.45, 7) is 5.74. The molecule has 0 bridgehead atoms. The SMILES string of the molecule is Cc1ccc(C)c(NC(=O)CSc2ccc(-c3nc(C)no3)cn2)c1. The minimum atomic E-state index is -0.0582. The molecule has 3 rings (SSSR count). The molecule has 1 aromatic carbocycles. The number of hydrogen-bond donors (Lipinski definition) is 1. The van der Waals surface area contributed by atoms with E-state index in [2.05, 4.69) is 20.4 Å². The maximum absolute atomic E-state index is 12.1. The average Bonchev–Trinajstić information content (AvgIpc) is 3.03. The monoisotopic (exact) mass is 354 g/mol. The molecule has 0 saturated carbocycles. The van der Waals surface area contributed by atoms with Crippen molar-refractivity contribution >= 4 is 23.4 Å². The number of rotatable bonds is 5. The van der Waals surface area contributed by atoms with Crippen LogP contribution in [0.4, 0.5) is 5.69 Å². The van der Waals surface area contributed by atoms with Gasteiger partial charge in [0.15, 0.2) is 5.82 Å². The van der Waals surface area contributed by atoms with Gasteiger partial charge in [-0.25, -0.2) is 4.98 Å². The van der Waals surface area contributed by atoms with Crippen LogP contribution in [0.15, 0.2) is 46.1 Å². The lowest BCUT2D eigenvalue weighted by Crippen LogP contribution is -2.15. The molecule has 7 heteroatoms. The summed E-state index contributed by atoms with van der Waals surface area (Å²) >= 11 is 1.38. The van der Waals surface area contributed by atoms with Crippen LogP contribution in [0.25, 0.3) is 11.5 Å². The quantitative estimate of drug-likeness (QED) is 0.702. The number of aryl methyl sites for hydroxylation is 3. The topological polar surface area (TPSA) is 80.9 Å². The second-order valence-electron chi connectivity index (χ2n) is 5.69. The van der Waals surface area contributed by atoms with E-state index >= 15 is 0 Å². The van der Waals surface area contributed by atoms with Crippen molar-refractivity contribution in [2.45, 2.75) is 25.8 Å². The number of amides is 1. The highest BCUT2D eigenvalue weighted by Gasteiger charge is 2.09. The Bertz CT molecular complexity index is 890. The van der Waals surface area contributed by atoms with Crippen LogP contribution in [-0.2, 0) is 4.79 Å². The summed E-state index contributed by atoms with van der Waals surface area (Å²) in [6, 6.07) is 9.68. The molecule has 0 aliphatic rings. The van der Waals surface area contributed by atoms with Gasteiger partial charge in [0, 0.05) is 11.9 Å². The molecule has 25 heavy (non-hydrogen) atoms. The van der Waals surface area contributed by atoms with Gasteiger partial charge in [-0.2, -0.15) is 4.98 Å². The Hall–Kier alpha value is -2.67. The number of nitrogens with one attached hydrogen (secondary N) is 1. The summed E-state index contributed by atoms with van der Waals surface area (Å²) in [5.41, 5.74) is 3.76. The van der Waals surface area contributed by atoms with Crippen molar-refractivity contribution in [3.63, 3.8) is 0 Å². The van der Waals surface area contributed by atoms with Gasteiger partial charge in [0.2, 0.25) is 5.91 Å². The minimum Gasteiger partial charge on any atom is -0.334 e. The Kier molecular flexibility index (Phi) is 5.14. The highest BCUT2D eigenvalue weighted by molar-refractivity contribution is 7.99. The molecule has 1 N–H and O–H groups in total. The number of nitrogens with zero attached hydrogens (tertiary/aromatic N) is 3. The molecule has 0 unspecified atom stereocenters. The first-order valence-corrected chi connectivity index (χ1v) is 8.76. The van der Waals surface area contributed by atoms with Crippen LogP contribution in [0.3, 0.4) is 0 Å². The van der Waals surface area contributed by atoms with Crippen molar-refractivity contribution in [3.05, 3.63) is 53.5 Å². The summed E-state index contributed by atoms with van der Waals surface area (Å²) in [5, 5.41) is 7.46. The Labute approximate surface area is 150 Å². The molecule has 0 saturated heterocycles. The zero-order chi connectivity index (χ0) is 17.8. The number of anilines is 1. The third kappa shape index (κ3) is 4.45. The molecular formula is C18H18N4O2S. The van der Waals surface area contributed by atoms with E-state index in [4.69, 9.17) is 4.52 Å². The minimum absolute atomic E-state index is 0.0582. The van der Waals surface area contributed by atoms with Gasteiger partial charge >= 0.3 is 0 Å². The van der Waals surface area contributed by atoms with Crippen LogP contribution < -0.4 is 5.32 Å². The number of benzene rings is 1. The zero-order valence-corrected chi connectivity index (χ0v) is 15.1. The number of pyridine rings is 1. The van der Waals surface area contributed by atoms with Crippen molar-refractivity contribution in [1.82, 2.24) is 15.1 Å². The van der Waals surface area contributed by atoms with E-state index in [-0.39, 0.29) is 5.91 Å². The summed E-state index contributed by atoms with van der Waals surface area (Å²) in [7, 11) is 0. The van der Waals surface area contributed by atoms with Crippen molar-refractivity contribution in [3.8, 4) is 11.5 Å². The molecule has 0 aliphatic heterocycles. The lowest BCUT2D eigenvalue weighted by Gasteiger charge is -2.09. The molecule has 3 aromatic rings. The van der Waals surface area contributed by atoms with Gasteiger partial charge in [-0.1, -0.05) is 29.1 Å². The average molecular weight is 354 g/mol. The number of thioether (sulfide) groups is 1. The number of aromatic nitrogens is 3. The Balaban J connectivity index is 1.58. The van der Waals surface area contributed by atoms with E-state index in [9.17, 15) is 4.79 Å². The van der Waals surface area contributed by atoms with E-state index in [1.165, 1.54) is 11.8 Å². The molecule has 0 aliphatic carbocycles. The molecule has 1 amide bonds. The lowest BCUT2D eigenvalue weighted by atomic mass is 10.1. The highest BCUT2D eigenvalue weighted by atomic mass is 32.2. The summed E-state index contributed by atoms with van der Waals surface area (Å²) < 4.78 is 5.10. The van der Waals surface area contributed by atoms with Crippen LogP contribution in [0.5, 0.6) is 0 Å². The van der Waals surface area contributed by atoms with E-state index in [1.807, 2.05) is 44.2 Å². The first kappa shape index (κ1) is 17.2. The van der Waals surface area contributed by atoms with Gasteiger partial charge in [-0.15, -0.1) is 0 Å². The number of hydrogen-bond acceptors (Lipinski definition) is 6. The molecule has 0 radical (unpaired) electrons. The predicted molar refractivity (Wildman–Crippen MR) is 97.5 cm³/mol. The number of carbonyl (C=O) groups is 1. The predicted octanol–water partition coefficient (Wildman–Crippen LogP) is 3.79. The normalized spacial score (nSPS) is 10.7. The van der Waals surface area contributed by atoms with Gasteiger partial charge in [-0.05, 0) is 50.1 Å². The molecule has 128 valence electrons. The van der Waals surface area contributed by atoms with E-state index in [0.29, 0.717) is 17.5 Å². The third-order valence-electron chi connectivity index (χ3n) is 3.53. The summed E-state index contributed by atoms with van der Waals surface area (Å²) in [4.78, 5) is 20.6. The Morgan fingerprint density at radius 1 is 1.20 bits per heavy atom. The van der Waals surface area contributed by atoms with Crippen molar-refractivity contribution in [2.75, 3.05) is 11.1 Å². The van der Waals surface area contributed by atoms with E-state index < -0.39 is 0 Å². The zero-order valence-electron chi connectivity index (χ0n) is 14.2. The fourth-order valence-corrected chi connectivity index (χ4v) is 2.85. The highest BCUT2D eigenvalue weighted by Crippen LogP contribution is 2.21. The second-order valence-corrected chi connectivity index (χ2v) is 6.68. The van der Waals surface area contributed by atoms with Crippen LogP contribution in [0, 0.1) is 20.8 Å². The number of carbonyl (C=O) groups excluding carboxylic acids is 1. The van der Waals surface area contributed by atoms with E-state index in [1.54, 1.807) is 13.1 Å². The van der Waals surface area contributed by atoms with Gasteiger partial charge < -0.3 is 9.84 Å². The van der Waals surface area contributed by atoms with Crippen molar-refractivity contribution in [2.24, 2.45) is 0 Å². The van der Waals surface area contributed by atoms with Crippen LogP contribution >= 0.6 is 11.8 Å². The largest absolute Gasteiger partial charge is 0.334 e. The molecule has 0 atom stereocenters. The van der Waals surface area contributed by atoms with Crippen LogP contribution in [-0.4, -0.2) is 26.8 Å². The molecule has 0 fully saturated rings. The lowest BCUT2D eigenvalue weighted by molar-refractivity contribution is -0.113. The molecular weight excluding hydrogens is 336 g/mol. The van der Waals surface area contributed by atoms with Crippen LogP contribution in [0.2, 0.25) is 0 Å². The first-order chi connectivity index (χ1) is 12.0. The second kappa shape index (κ2) is 7.48. The molecule has 6 nitrogen and oxygen atoms in total. The van der Waals surface area contributed by atoms with Gasteiger partial charge in [0.25, 0.3) is 5.89 Å². The van der Waals surface area contributed by atoms with Crippen LogP contribution in [0.1, 0.15) is 17.0 Å². The molecule has 2 aromatic heterocycles. The van der Waals surface area contributed by atoms with E-state index in [0.717, 1.165) is 27.4 Å². The van der Waals surface area contributed by atoms with Gasteiger partial charge in [0.05, 0.1) is 16.3 Å². The van der Waals surface area contributed by atoms with Gasteiger partial charge in [0.1, 0.15) is 0 Å². The fraction of sp³-hybridized carbons (Fsp3) is 0.222. The maximum Gasteiger partial charge on any atom is 0.259 e. The smallest absolute Gasteiger partial charge is 0.259 e. The Morgan fingerprint density at radius 2 is 2.04 bits per heavy atom. The van der Waals surface area contributed by atoms with Crippen molar-refractivity contribution in [1.29, 1.82) is 0 Å². The summed E-state index contributed by atoms with van der Waals surface area (Å²) in [5.74, 6) is 1.25. The molecule has 2 heterocycles.